The second kappa shape index (κ2) is 6.53. The SMILES string of the molecule is O=C(CCC(=O)N1CCC2(CC1)CC2C(=O)O)c1ccc2c(c1)CCC2. The summed E-state index contributed by atoms with van der Waals surface area (Å²) in [6.45, 7) is 1.24. The minimum Gasteiger partial charge on any atom is -0.481 e. The number of nitrogens with zero attached hydrogens (tertiary/aromatic N) is 1. The van der Waals surface area contributed by atoms with Crippen LogP contribution in [0.15, 0.2) is 18.2 Å². The number of likely N-dealkylation sites (tertiary alicyclic amines) is 1. The van der Waals surface area contributed by atoms with Crippen molar-refractivity contribution >= 4 is 17.7 Å². The van der Waals surface area contributed by atoms with E-state index in [4.69, 9.17) is 5.11 Å². The zero-order valence-corrected chi connectivity index (χ0v) is 15.0. The zero-order valence-electron chi connectivity index (χ0n) is 15.0. The monoisotopic (exact) mass is 355 g/mol. The molecule has 2 aliphatic carbocycles. The number of benzene rings is 1. The highest BCUT2D eigenvalue weighted by atomic mass is 16.4. The topological polar surface area (TPSA) is 74.7 Å². The number of hydrogen-bond donors (Lipinski definition) is 1. The van der Waals surface area contributed by atoms with Crippen LogP contribution in [-0.2, 0) is 22.4 Å². The molecule has 1 atom stereocenters. The van der Waals surface area contributed by atoms with E-state index in [1.54, 1.807) is 4.90 Å². The minimum absolute atomic E-state index is 0.0156. The summed E-state index contributed by atoms with van der Waals surface area (Å²) in [4.78, 5) is 37.8. The standard InChI is InChI=1S/C21H25NO4/c23-18(16-5-4-14-2-1-3-15(14)12-16)6-7-19(24)22-10-8-21(9-11-22)13-17(21)20(25)26/h4-5,12,17H,1-3,6-11,13H2,(H,25,26). The van der Waals surface area contributed by atoms with Crippen LogP contribution in [0.5, 0.6) is 0 Å². The van der Waals surface area contributed by atoms with E-state index in [0.717, 1.165) is 44.1 Å². The number of carboxylic acid groups (broad SMARTS) is 1. The molecular weight excluding hydrogens is 330 g/mol. The summed E-state index contributed by atoms with van der Waals surface area (Å²) in [5, 5.41) is 9.14. The van der Waals surface area contributed by atoms with Gasteiger partial charge in [-0.1, -0.05) is 12.1 Å². The lowest BCUT2D eigenvalue weighted by atomic mass is 9.90. The van der Waals surface area contributed by atoms with Crippen molar-refractivity contribution in [2.75, 3.05) is 13.1 Å². The quantitative estimate of drug-likeness (QED) is 0.824. The highest BCUT2D eigenvalue weighted by Gasteiger charge is 2.59. The lowest BCUT2D eigenvalue weighted by Gasteiger charge is -2.32. The van der Waals surface area contributed by atoms with Gasteiger partial charge in [0.15, 0.2) is 5.78 Å². The highest BCUT2D eigenvalue weighted by Crippen LogP contribution is 2.59. The molecule has 4 rings (SSSR count). The van der Waals surface area contributed by atoms with Crippen molar-refractivity contribution in [3.8, 4) is 0 Å². The number of rotatable bonds is 5. The molecule has 2 fully saturated rings. The molecule has 0 radical (unpaired) electrons. The van der Waals surface area contributed by atoms with E-state index in [1.807, 2.05) is 12.1 Å². The fourth-order valence-corrected chi connectivity index (χ4v) is 4.72. The Bertz CT molecular complexity index is 761. The molecule has 1 aromatic rings. The summed E-state index contributed by atoms with van der Waals surface area (Å²) in [5.74, 6) is -0.873. The van der Waals surface area contributed by atoms with Gasteiger partial charge in [-0.25, -0.2) is 0 Å². The van der Waals surface area contributed by atoms with Crippen LogP contribution >= 0.6 is 0 Å². The molecule has 5 heteroatoms. The average Bonchev–Trinajstić information content (AvgIpc) is 3.14. The fourth-order valence-electron chi connectivity index (χ4n) is 4.72. The van der Waals surface area contributed by atoms with E-state index in [0.29, 0.717) is 13.1 Å². The number of hydrogen-bond acceptors (Lipinski definition) is 3. The maximum atomic E-state index is 12.4. The van der Waals surface area contributed by atoms with Crippen molar-refractivity contribution in [2.24, 2.45) is 11.3 Å². The van der Waals surface area contributed by atoms with E-state index in [1.165, 1.54) is 11.1 Å². The number of amides is 1. The van der Waals surface area contributed by atoms with Crippen LogP contribution in [0.2, 0.25) is 0 Å². The summed E-state index contributed by atoms with van der Waals surface area (Å²) >= 11 is 0. The summed E-state index contributed by atoms with van der Waals surface area (Å²) in [6, 6.07) is 5.94. The largest absolute Gasteiger partial charge is 0.481 e. The summed E-state index contributed by atoms with van der Waals surface area (Å²) in [6.07, 6.45) is 6.08. The molecule has 0 aromatic heterocycles. The van der Waals surface area contributed by atoms with Gasteiger partial charge in [0.05, 0.1) is 5.92 Å². The predicted molar refractivity (Wildman–Crippen MR) is 96.0 cm³/mol. The second-order valence-corrected chi connectivity index (χ2v) is 8.10. The van der Waals surface area contributed by atoms with Gasteiger partial charge in [-0.2, -0.15) is 0 Å². The zero-order chi connectivity index (χ0) is 18.3. The first-order valence-corrected chi connectivity index (χ1v) is 9.64. The average molecular weight is 355 g/mol. The Morgan fingerprint density at radius 2 is 1.81 bits per heavy atom. The molecule has 26 heavy (non-hydrogen) atoms. The Labute approximate surface area is 153 Å². The van der Waals surface area contributed by atoms with Gasteiger partial charge in [0, 0.05) is 31.5 Å². The first-order chi connectivity index (χ1) is 12.5. The molecule has 1 aliphatic heterocycles. The predicted octanol–water partition coefficient (Wildman–Crippen LogP) is 2.85. The second-order valence-electron chi connectivity index (χ2n) is 8.10. The van der Waals surface area contributed by atoms with Crippen molar-refractivity contribution < 1.29 is 19.5 Å². The fraction of sp³-hybridized carbons (Fsp3) is 0.571. The van der Waals surface area contributed by atoms with Gasteiger partial charge in [0.1, 0.15) is 0 Å². The molecule has 1 amide bonds. The van der Waals surface area contributed by atoms with Gasteiger partial charge in [-0.05, 0) is 61.1 Å². The maximum absolute atomic E-state index is 12.4. The first kappa shape index (κ1) is 17.3. The van der Waals surface area contributed by atoms with E-state index in [2.05, 4.69) is 6.07 Å². The van der Waals surface area contributed by atoms with Gasteiger partial charge in [-0.3, -0.25) is 14.4 Å². The Balaban J connectivity index is 1.27. The van der Waals surface area contributed by atoms with Crippen LogP contribution in [0.1, 0.15) is 60.0 Å². The van der Waals surface area contributed by atoms with E-state index < -0.39 is 5.97 Å². The van der Waals surface area contributed by atoms with E-state index >= 15 is 0 Å². The smallest absolute Gasteiger partial charge is 0.307 e. The molecule has 1 unspecified atom stereocenters. The normalized spacial score (nSPS) is 22.9. The number of carboxylic acids is 1. The Morgan fingerprint density at radius 3 is 2.50 bits per heavy atom. The summed E-state index contributed by atoms with van der Waals surface area (Å²) in [5.41, 5.74) is 3.28. The number of carbonyl (C=O) groups excluding carboxylic acids is 2. The Morgan fingerprint density at radius 1 is 1.08 bits per heavy atom. The van der Waals surface area contributed by atoms with Crippen LogP contribution in [0.4, 0.5) is 0 Å². The van der Waals surface area contributed by atoms with Gasteiger partial charge < -0.3 is 10.0 Å². The van der Waals surface area contributed by atoms with E-state index in [9.17, 15) is 14.4 Å². The van der Waals surface area contributed by atoms with Gasteiger partial charge in [0.2, 0.25) is 5.91 Å². The maximum Gasteiger partial charge on any atom is 0.307 e. The number of ketones is 1. The molecule has 1 saturated heterocycles. The van der Waals surface area contributed by atoms with Crippen LogP contribution in [0, 0.1) is 11.3 Å². The van der Waals surface area contributed by atoms with Gasteiger partial charge in [0.25, 0.3) is 0 Å². The molecule has 1 N–H and O–H groups in total. The molecule has 5 nitrogen and oxygen atoms in total. The minimum atomic E-state index is -0.704. The van der Waals surface area contributed by atoms with Crippen LogP contribution in [0.25, 0.3) is 0 Å². The van der Waals surface area contributed by atoms with Crippen LogP contribution in [0.3, 0.4) is 0 Å². The molecule has 1 heterocycles. The van der Waals surface area contributed by atoms with Crippen molar-refractivity contribution in [3.63, 3.8) is 0 Å². The number of aryl methyl sites for hydroxylation is 2. The van der Waals surface area contributed by atoms with Crippen molar-refractivity contribution in [2.45, 2.75) is 51.4 Å². The number of Topliss-reactive ketones (excluding diaryl/α,β-unsaturated/α-hetero) is 1. The highest BCUT2D eigenvalue weighted by molar-refractivity contribution is 5.98. The first-order valence-electron chi connectivity index (χ1n) is 9.64. The molecule has 0 bridgehead atoms. The van der Waals surface area contributed by atoms with Crippen molar-refractivity contribution in [1.82, 2.24) is 4.90 Å². The Kier molecular flexibility index (Phi) is 4.33. The molecular formula is C21H25NO4. The van der Waals surface area contributed by atoms with Crippen LogP contribution < -0.4 is 0 Å². The molecule has 1 aromatic carbocycles. The third-order valence-electron chi connectivity index (χ3n) is 6.59. The molecule has 138 valence electrons. The third-order valence-corrected chi connectivity index (χ3v) is 6.59. The van der Waals surface area contributed by atoms with Crippen molar-refractivity contribution in [3.05, 3.63) is 34.9 Å². The Hall–Kier alpha value is -2.17. The number of piperidine rings is 1. The molecule has 1 spiro atoms. The van der Waals surface area contributed by atoms with Gasteiger partial charge >= 0.3 is 5.97 Å². The number of fused-ring (bicyclic) bond motifs is 1. The lowest BCUT2D eigenvalue weighted by Crippen LogP contribution is -2.40. The number of carbonyl (C=O) groups is 3. The van der Waals surface area contributed by atoms with Crippen molar-refractivity contribution in [1.29, 1.82) is 0 Å². The number of aliphatic carboxylic acids is 1. The lowest BCUT2D eigenvalue weighted by molar-refractivity contribution is -0.139. The van der Waals surface area contributed by atoms with E-state index in [-0.39, 0.29) is 35.9 Å². The molecule has 3 aliphatic rings. The van der Waals surface area contributed by atoms with Gasteiger partial charge in [-0.15, -0.1) is 0 Å². The summed E-state index contributed by atoms with van der Waals surface area (Å²) < 4.78 is 0. The summed E-state index contributed by atoms with van der Waals surface area (Å²) in [7, 11) is 0. The van der Waals surface area contributed by atoms with Crippen LogP contribution in [-0.4, -0.2) is 40.8 Å². The molecule has 1 saturated carbocycles. The third kappa shape index (κ3) is 3.15.